The molecule has 0 aromatic heterocycles. The Balaban J connectivity index is 4.65. The third kappa shape index (κ3) is 11.6. The van der Waals surface area contributed by atoms with Crippen molar-refractivity contribution < 1.29 is 19.1 Å². The molecule has 0 aliphatic heterocycles. The average molecular weight is 363 g/mol. The standard InChI is InChI=1S/C22H34O4/c1-6-26-22(25)20(12-8-10-19(5)15-16-23)11-7-9-18(4)13-14-21(24)17(2)3/h9,12,15-17H,6-8,10-11,13-14H2,1-5H3/b18-9+,19-15+,20-12-. The number of ether oxygens (including phenoxy) is 1. The largest absolute Gasteiger partial charge is 0.463 e. The second-order valence-electron chi connectivity index (χ2n) is 6.85. The molecule has 0 aromatic rings. The van der Waals surface area contributed by atoms with Crippen molar-refractivity contribution in [2.24, 2.45) is 5.92 Å². The van der Waals surface area contributed by atoms with E-state index in [0.29, 0.717) is 31.4 Å². The number of esters is 1. The molecular formula is C22H34O4. The van der Waals surface area contributed by atoms with Crippen LogP contribution in [0.15, 0.2) is 34.9 Å². The number of aldehydes is 1. The molecule has 0 saturated heterocycles. The van der Waals surface area contributed by atoms with Crippen molar-refractivity contribution in [3.63, 3.8) is 0 Å². The molecule has 0 spiro atoms. The van der Waals surface area contributed by atoms with E-state index in [2.05, 4.69) is 6.08 Å². The van der Waals surface area contributed by atoms with Crippen LogP contribution in [0.5, 0.6) is 0 Å². The Kier molecular flexibility index (Phi) is 13.1. The fourth-order valence-corrected chi connectivity index (χ4v) is 2.37. The summed E-state index contributed by atoms with van der Waals surface area (Å²) in [6, 6.07) is 0. The minimum atomic E-state index is -0.273. The number of carbonyl (C=O) groups is 3. The minimum Gasteiger partial charge on any atom is -0.463 e. The Bertz CT molecular complexity index is 550. The summed E-state index contributed by atoms with van der Waals surface area (Å²) in [5.74, 6) is 0.0898. The van der Waals surface area contributed by atoms with Gasteiger partial charge in [0.1, 0.15) is 12.1 Å². The van der Waals surface area contributed by atoms with Crippen molar-refractivity contribution in [1.29, 1.82) is 0 Å². The third-order valence-corrected chi connectivity index (χ3v) is 4.14. The summed E-state index contributed by atoms with van der Waals surface area (Å²) in [5.41, 5.74) is 2.84. The summed E-state index contributed by atoms with van der Waals surface area (Å²) >= 11 is 0. The van der Waals surface area contributed by atoms with Crippen LogP contribution in [-0.2, 0) is 19.1 Å². The molecule has 0 atom stereocenters. The van der Waals surface area contributed by atoms with Gasteiger partial charge < -0.3 is 4.74 Å². The lowest BCUT2D eigenvalue weighted by atomic mass is 10.00. The zero-order chi connectivity index (χ0) is 19.9. The van der Waals surface area contributed by atoms with Gasteiger partial charge in [-0.25, -0.2) is 4.79 Å². The number of allylic oxidation sites excluding steroid dienone is 5. The van der Waals surface area contributed by atoms with Crippen molar-refractivity contribution in [2.75, 3.05) is 6.61 Å². The average Bonchev–Trinajstić information content (AvgIpc) is 2.58. The second kappa shape index (κ2) is 14.2. The molecule has 0 saturated carbocycles. The van der Waals surface area contributed by atoms with Crippen LogP contribution >= 0.6 is 0 Å². The lowest BCUT2D eigenvalue weighted by Crippen LogP contribution is -2.08. The summed E-state index contributed by atoms with van der Waals surface area (Å²) in [4.78, 5) is 34.2. The van der Waals surface area contributed by atoms with Crippen LogP contribution in [0.4, 0.5) is 0 Å². The Morgan fingerprint density at radius 3 is 2.15 bits per heavy atom. The van der Waals surface area contributed by atoms with Crippen LogP contribution in [0, 0.1) is 5.92 Å². The molecule has 0 aromatic carbocycles. The van der Waals surface area contributed by atoms with Gasteiger partial charge >= 0.3 is 5.97 Å². The molecule has 0 fully saturated rings. The van der Waals surface area contributed by atoms with Crippen LogP contribution in [0.3, 0.4) is 0 Å². The Hall–Kier alpha value is -1.97. The van der Waals surface area contributed by atoms with E-state index in [1.807, 2.05) is 33.8 Å². The molecule has 0 radical (unpaired) electrons. The Morgan fingerprint density at radius 2 is 1.58 bits per heavy atom. The van der Waals surface area contributed by atoms with Crippen molar-refractivity contribution in [2.45, 2.75) is 73.1 Å². The zero-order valence-electron chi connectivity index (χ0n) is 17.0. The third-order valence-electron chi connectivity index (χ3n) is 4.14. The van der Waals surface area contributed by atoms with Crippen LogP contribution in [-0.4, -0.2) is 24.6 Å². The van der Waals surface area contributed by atoms with E-state index in [9.17, 15) is 14.4 Å². The van der Waals surface area contributed by atoms with Gasteiger partial charge in [0.25, 0.3) is 0 Å². The molecule has 0 rings (SSSR count). The molecule has 0 unspecified atom stereocenters. The molecule has 0 amide bonds. The van der Waals surface area contributed by atoms with E-state index in [1.165, 1.54) is 5.57 Å². The van der Waals surface area contributed by atoms with Gasteiger partial charge in [0.15, 0.2) is 0 Å². The summed E-state index contributed by atoms with van der Waals surface area (Å²) in [7, 11) is 0. The molecule has 0 N–H and O–H groups in total. The number of rotatable bonds is 13. The smallest absolute Gasteiger partial charge is 0.333 e. The minimum absolute atomic E-state index is 0.0814. The summed E-state index contributed by atoms with van der Waals surface area (Å²) in [6.45, 7) is 9.91. The Morgan fingerprint density at radius 1 is 0.923 bits per heavy atom. The number of Topliss-reactive ketones (excluding diaryl/α,β-unsaturated/α-hetero) is 1. The van der Waals surface area contributed by atoms with Crippen LogP contribution in [0.25, 0.3) is 0 Å². The normalized spacial score (nSPS) is 13.1. The fraction of sp³-hybridized carbons (Fsp3) is 0.591. The van der Waals surface area contributed by atoms with Gasteiger partial charge in [0.05, 0.1) is 6.61 Å². The number of carbonyl (C=O) groups excluding carboxylic acids is 3. The highest BCUT2D eigenvalue weighted by molar-refractivity contribution is 5.88. The number of ketones is 1. The van der Waals surface area contributed by atoms with Gasteiger partial charge in [0.2, 0.25) is 0 Å². The number of hydrogen-bond acceptors (Lipinski definition) is 4. The quantitative estimate of drug-likeness (QED) is 0.197. The van der Waals surface area contributed by atoms with Crippen molar-refractivity contribution in [3.05, 3.63) is 34.9 Å². The van der Waals surface area contributed by atoms with E-state index in [4.69, 9.17) is 4.74 Å². The van der Waals surface area contributed by atoms with Gasteiger partial charge in [0, 0.05) is 17.9 Å². The molecule has 146 valence electrons. The van der Waals surface area contributed by atoms with Crippen molar-refractivity contribution in [3.8, 4) is 0 Å². The molecule has 4 heteroatoms. The van der Waals surface area contributed by atoms with Crippen molar-refractivity contribution in [1.82, 2.24) is 0 Å². The topological polar surface area (TPSA) is 60.4 Å². The maximum Gasteiger partial charge on any atom is 0.333 e. The molecule has 0 heterocycles. The van der Waals surface area contributed by atoms with Gasteiger partial charge in [-0.2, -0.15) is 0 Å². The highest BCUT2D eigenvalue weighted by Crippen LogP contribution is 2.15. The van der Waals surface area contributed by atoms with Gasteiger partial charge in [-0.3, -0.25) is 9.59 Å². The monoisotopic (exact) mass is 362 g/mol. The SMILES string of the molecule is CCOC(=O)/C(=C\CC/C(C)=C/C=O)CC/C=C(\C)CCC(=O)C(C)C. The lowest BCUT2D eigenvalue weighted by molar-refractivity contribution is -0.138. The summed E-state index contributed by atoms with van der Waals surface area (Å²) in [5, 5.41) is 0. The van der Waals surface area contributed by atoms with E-state index >= 15 is 0 Å². The first-order valence-electron chi connectivity index (χ1n) is 9.47. The zero-order valence-corrected chi connectivity index (χ0v) is 17.0. The predicted octanol–water partition coefficient (Wildman–Crippen LogP) is 5.13. The molecule has 0 aliphatic rings. The van der Waals surface area contributed by atoms with E-state index in [-0.39, 0.29) is 17.7 Å². The molecule has 4 nitrogen and oxygen atoms in total. The van der Waals surface area contributed by atoms with Crippen LogP contribution in [0.2, 0.25) is 0 Å². The van der Waals surface area contributed by atoms with Crippen LogP contribution in [0.1, 0.15) is 73.1 Å². The van der Waals surface area contributed by atoms with E-state index in [0.717, 1.165) is 31.1 Å². The summed E-state index contributed by atoms with van der Waals surface area (Å²) < 4.78 is 5.13. The molecule has 0 bridgehead atoms. The predicted molar refractivity (Wildman–Crippen MR) is 106 cm³/mol. The first-order valence-corrected chi connectivity index (χ1v) is 9.47. The maximum absolute atomic E-state index is 12.1. The molecule has 26 heavy (non-hydrogen) atoms. The lowest BCUT2D eigenvalue weighted by Gasteiger charge is -2.07. The highest BCUT2D eigenvalue weighted by Gasteiger charge is 2.10. The first-order chi connectivity index (χ1) is 12.3. The van der Waals surface area contributed by atoms with Crippen molar-refractivity contribution >= 4 is 18.0 Å². The van der Waals surface area contributed by atoms with Gasteiger partial charge in [-0.05, 0) is 59.0 Å². The van der Waals surface area contributed by atoms with E-state index in [1.54, 1.807) is 13.0 Å². The maximum atomic E-state index is 12.1. The summed E-state index contributed by atoms with van der Waals surface area (Å²) in [6.07, 6.45) is 10.5. The molecular weight excluding hydrogens is 328 g/mol. The molecule has 0 aliphatic carbocycles. The van der Waals surface area contributed by atoms with Gasteiger partial charge in [-0.15, -0.1) is 0 Å². The second-order valence-corrected chi connectivity index (χ2v) is 6.85. The Labute approximate surface area is 158 Å². The first kappa shape index (κ1) is 24.0. The number of hydrogen-bond donors (Lipinski definition) is 0. The fourth-order valence-electron chi connectivity index (χ4n) is 2.37. The van der Waals surface area contributed by atoms with E-state index < -0.39 is 0 Å². The highest BCUT2D eigenvalue weighted by atomic mass is 16.5. The van der Waals surface area contributed by atoms with Gasteiger partial charge in [-0.1, -0.05) is 37.1 Å². The van der Waals surface area contributed by atoms with Crippen LogP contribution < -0.4 is 0 Å².